The Balaban J connectivity index is 1.95. The average Bonchev–Trinajstić information content (AvgIpc) is 2.72. The fraction of sp³-hybridized carbons (Fsp3) is 0.400. The topological polar surface area (TPSA) is 132 Å². The number of hydrogen-bond acceptors (Lipinski definition) is 7. The highest BCUT2D eigenvalue weighted by Gasteiger charge is 2.34. The van der Waals surface area contributed by atoms with Gasteiger partial charge >= 0.3 is 5.69 Å². The predicted molar refractivity (Wildman–Crippen MR) is 114 cm³/mol. The summed E-state index contributed by atoms with van der Waals surface area (Å²) in [7, 11) is -2.55. The Labute approximate surface area is 180 Å². The summed E-state index contributed by atoms with van der Waals surface area (Å²) in [5.74, 6) is -0.141. The molecule has 1 aliphatic heterocycles. The Morgan fingerprint density at radius 2 is 1.94 bits per heavy atom. The minimum absolute atomic E-state index is 0.0311. The van der Waals surface area contributed by atoms with Gasteiger partial charge in [-0.2, -0.15) is 4.31 Å². The number of carbonyl (C=O) groups is 1. The number of ether oxygens (including phenoxy) is 1. The number of piperidine rings is 1. The predicted octanol–water partition coefficient (Wildman–Crippen LogP) is 2.92. The molecule has 166 valence electrons. The van der Waals surface area contributed by atoms with Gasteiger partial charge in [-0.25, -0.2) is 8.42 Å². The molecule has 0 spiro atoms. The van der Waals surface area contributed by atoms with Crippen LogP contribution in [0.25, 0.3) is 0 Å². The largest absolute Gasteiger partial charge is 0.495 e. The van der Waals surface area contributed by atoms with Crippen LogP contribution in [0.15, 0.2) is 41.6 Å². The van der Waals surface area contributed by atoms with Crippen molar-refractivity contribution in [3.8, 4) is 5.75 Å². The fourth-order valence-corrected chi connectivity index (χ4v) is 5.65. The molecule has 1 saturated heterocycles. The van der Waals surface area contributed by atoms with E-state index in [9.17, 15) is 23.3 Å². The van der Waals surface area contributed by atoms with E-state index >= 15 is 0 Å². The monoisotopic (exact) mass is 448 g/mol. The molecule has 1 aromatic heterocycles. The second-order valence-corrected chi connectivity index (χ2v) is 9.64. The molecule has 2 unspecified atom stereocenters. The van der Waals surface area contributed by atoms with Gasteiger partial charge in [0, 0.05) is 24.8 Å². The SMILES string of the molecule is COc1ccc(C(=O)Nc2ccncc2[N+](=O)[O-])cc1S(=O)(=O)N1CC(C)CC(C)C1. The molecule has 1 N–H and O–H groups in total. The van der Waals surface area contributed by atoms with Crippen LogP contribution in [-0.4, -0.2) is 48.7 Å². The number of aromatic nitrogens is 1. The number of amides is 1. The minimum atomic E-state index is -3.91. The molecule has 2 heterocycles. The summed E-state index contributed by atoms with van der Waals surface area (Å²) in [6, 6.07) is 5.34. The summed E-state index contributed by atoms with van der Waals surface area (Å²) >= 11 is 0. The fourth-order valence-electron chi connectivity index (χ4n) is 3.79. The molecule has 1 aromatic carbocycles. The van der Waals surface area contributed by atoms with Crippen molar-refractivity contribution in [1.82, 2.24) is 9.29 Å². The first kappa shape index (κ1) is 22.6. The number of nitrogens with one attached hydrogen (secondary N) is 1. The highest BCUT2D eigenvalue weighted by atomic mass is 32.2. The van der Waals surface area contributed by atoms with Crippen molar-refractivity contribution in [3.05, 3.63) is 52.3 Å². The Bertz CT molecular complexity index is 1090. The van der Waals surface area contributed by atoms with Crippen LogP contribution in [0.2, 0.25) is 0 Å². The van der Waals surface area contributed by atoms with Crippen molar-refractivity contribution < 1.29 is 22.9 Å². The molecule has 0 bridgehead atoms. The first-order valence-electron chi connectivity index (χ1n) is 9.71. The van der Waals surface area contributed by atoms with Crippen LogP contribution in [-0.2, 0) is 10.0 Å². The van der Waals surface area contributed by atoms with E-state index in [2.05, 4.69) is 10.3 Å². The third-order valence-corrected chi connectivity index (χ3v) is 6.98. The maximum absolute atomic E-state index is 13.4. The number of nitrogens with zero attached hydrogens (tertiary/aromatic N) is 3. The second-order valence-electron chi connectivity index (χ2n) is 7.74. The Kier molecular flexibility index (Phi) is 6.56. The van der Waals surface area contributed by atoms with Crippen LogP contribution in [0.1, 0.15) is 30.6 Å². The number of methoxy groups -OCH3 is 1. The van der Waals surface area contributed by atoms with Gasteiger partial charge in [0.15, 0.2) is 0 Å². The zero-order valence-corrected chi connectivity index (χ0v) is 18.3. The highest BCUT2D eigenvalue weighted by molar-refractivity contribution is 7.89. The van der Waals surface area contributed by atoms with E-state index in [1.807, 2.05) is 13.8 Å². The molecule has 1 aliphatic rings. The zero-order valence-electron chi connectivity index (χ0n) is 17.4. The summed E-state index contributed by atoms with van der Waals surface area (Å²) in [6.45, 7) is 4.77. The van der Waals surface area contributed by atoms with Gasteiger partial charge in [-0.05, 0) is 42.5 Å². The number of hydrogen-bond donors (Lipinski definition) is 1. The summed E-state index contributed by atoms with van der Waals surface area (Å²) < 4.78 is 33.4. The molecular weight excluding hydrogens is 424 g/mol. The molecule has 0 saturated carbocycles. The van der Waals surface area contributed by atoms with Crippen molar-refractivity contribution in [3.63, 3.8) is 0 Å². The number of rotatable bonds is 6. The van der Waals surface area contributed by atoms with Gasteiger partial charge in [0.05, 0.1) is 12.0 Å². The van der Waals surface area contributed by atoms with Gasteiger partial charge in [-0.3, -0.25) is 19.9 Å². The van der Waals surface area contributed by atoms with Crippen molar-refractivity contribution in [1.29, 1.82) is 0 Å². The maximum atomic E-state index is 13.4. The molecule has 1 fully saturated rings. The van der Waals surface area contributed by atoms with Crippen LogP contribution in [0.5, 0.6) is 5.75 Å². The molecule has 31 heavy (non-hydrogen) atoms. The Morgan fingerprint density at radius 3 is 2.55 bits per heavy atom. The zero-order chi connectivity index (χ0) is 22.8. The lowest BCUT2D eigenvalue weighted by Crippen LogP contribution is -2.42. The van der Waals surface area contributed by atoms with E-state index in [1.54, 1.807) is 0 Å². The van der Waals surface area contributed by atoms with Crippen molar-refractivity contribution in [2.45, 2.75) is 25.2 Å². The molecule has 2 atom stereocenters. The normalized spacial score (nSPS) is 19.6. The molecule has 2 aromatic rings. The quantitative estimate of drug-likeness (QED) is 0.531. The van der Waals surface area contributed by atoms with E-state index in [1.165, 1.54) is 41.9 Å². The van der Waals surface area contributed by atoms with E-state index < -0.39 is 20.9 Å². The van der Waals surface area contributed by atoms with Crippen molar-refractivity contribution >= 4 is 27.3 Å². The number of anilines is 1. The lowest BCUT2D eigenvalue weighted by atomic mass is 9.94. The van der Waals surface area contributed by atoms with Gasteiger partial charge in [-0.1, -0.05) is 13.8 Å². The van der Waals surface area contributed by atoms with E-state index in [0.717, 1.165) is 12.6 Å². The van der Waals surface area contributed by atoms with Crippen LogP contribution in [0.4, 0.5) is 11.4 Å². The third kappa shape index (κ3) is 4.83. The molecule has 10 nitrogen and oxygen atoms in total. The van der Waals surface area contributed by atoms with Gasteiger partial charge in [-0.15, -0.1) is 0 Å². The Hall–Kier alpha value is -3.05. The molecule has 1 amide bonds. The maximum Gasteiger partial charge on any atom is 0.310 e. The number of sulfonamides is 1. The first-order chi connectivity index (χ1) is 14.6. The van der Waals surface area contributed by atoms with E-state index in [0.29, 0.717) is 13.1 Å². The van der Waals surface area contributed by atoms with Gasteiger partial charge < -0.3 is 10.1 Å². The molecule has 11 heteroatoms. The van der Waals surface area contributed by atoms with Crippen molar-refractivity contribution in [2.24, 2.45) is 11.8 Å². The third-order valence-electron chi connectivity index (χ3n) is 5.12. The number of carbonyl (C=O) groups excluding carboxylic acids is 1. The standard InChI is InChI=1S/C20H24N4O6S/c1-13-8-14(2)12-23(11-13)31(28,29)19-9-15(4-5-18(19)30-3)20(25)22-16-6-7-21-10-17(16)24(26)27/h4-7,9-10,13-14H,8,11-12H2,1-3H3,(H,21,22,25). The molecule has 3 rings (SSSR count). The molecule has 0 aliphatic carbocycles. The van der Waals surface area contributed by atoms with Gasteiger partial charge in [0.2, 0.25) is 10.0 Å². The molecule has 0 radical (unpaired) electrons. The van der Waals surface area contributed by atoms with Crippen molar-refractivity contribution in [2.75, 3.05) is 25.5 Å². The smallest absolute Gasteiger partial charge is 0.310 e. The summed E-state index contributed by atoms with van der Waals surface area (Å²) in [5.41, 5.74) is -0.374. The lowest BCUT2D eigenvalue weighted by molar-refractivity contribution is -0.384. The highest BCUT2D eigenvalue weighted by Crippen LogP contribution is 2.32. The van der Waals surface area contributed by atoms with Crippen LogP contribution in [0.3, 0.4) is 0 Å². The Morgan fingerprint density at radius 1 is 1.26 bits per heavy atom. The minimum Gasteiger partial charge on any atom is -0.495 e. The van der Waals surface area contributed by atoms with E-state index in [4.69, 9.17) is 4.74 Å². The van der Waals surface area contributed by atoms with Crippen LogP contribution >= 0.6 is 0 Å². The number of benzene rings is 1. The van der Waals surface area contributed by atoms with Gasteiger partial charge in [0.25, 0.3) is 5.91 Å². The number of pyridine rings is 1. The van der Waals surface area contributed by atoms with Crippen LogP contribution in [0, 0.1) is 22.0 Å². The lowest BCUT2D eigenvalue weighted by Gasteiger charge is -2.34. The number of nitro groups is 1. The first-order valence-corrected chi connectivity index (χ1v) is 11.2. The summed E-state index contributed by atoms with van der Waals surface area (Å²) in [5, 5.41) is 13.6. The average molecular weight is 449 g/mol. The summed E-state index contributed by atoms with van der Waals surface area (Å²) in [4.78, 5) is 26.8. The van der Waals surface area contributed by atoms with Gasteiger partial charge in [0.1, 0.15) is 22.5 Å². The van der Waals surface area contributed by atoms with E-state index in [-0.39, 0.29) is 39.4 Å². The second kappa shape index (κ2) is 8.98. The summed E-state index contributed by atoms with van der Waals surface area (Å²) in [6.07, 6.45) is 3.28. The molecular formula is C20H24N4O6S. The van der Waals surface area contributed by atoms with Crippen LogP contribution < -0.4 is 10.1 Å².